The third-order valence-corrected chi connectivity index (χ3v) is 4.38. The molecular weight excluding hydrogens is 468 g/mol. The molecule has 8 heteroatoms. The van der Waals surface area contributed by atoms with Crippen molar-refractivity contribution in [3.8, 4) is 5.75 Å². The first-order valence-corrected chi connectivity index (χ1v) is 11.4. The molecule has 0 aliphatic heterocycles. The van der Waals surface area contributed by atoms with Gasteiger partial charge >= 0.3 is 6.11 Å². The molecule has 1 unspecified atom stereocenters. The number of amides is 1. The molecule has 0 bridgehead atoms. The molecule has 200 valence electrons. The monoisotopic (exact) mass is 507 g/mol. The summed E-state index contributed by atoms with van der Waals surface area (Å²) in [5.41, 5.74) is 3.72. The average Bonchev–Trinajstić information content (AvgIpc) is 3.67. The summed E-state index contributed by atoms with van der Waals surface area (Å²) >= 11 is 0. The summed E-state index contributed by atoms with van der Waals surface area (Å²) in [6, 6.07) is 12.2. The fourth-order valence-corrected chi connectivity index (χ4v) is 2.71. The number of halogens is 2. The van der Waals surface area contributed by atoms with Crippen LogP contribution in [-0.2, 0) is 14.4 Å². The summed E-state index contributed by atoms with van der Waals surface area (Å²) in [6.07, 6.45) is 0.953. The van der Waals surface area contributed by atoms with Crippen molar-refractivity contribution >= 4 is 31.2 Å². The van der Waals surface area contributed by atoms with Crippen LogP contribution in [0.25, 0.3) is 6.08 Å². The van der Waals surface area contributed by atoms with E-state index in [0.29, 0.717) is 0 Å². The highest BCUT2D eigenvalue weighted by atomic mass is 19.3. The molecule has 2 aromatic rings. The highest BCUT2D eigenvalue weighted by Gasteiger charge is 2.34. The zero-order chi connectivity index (χ0) is 28.3. The van der Waals surface area contributed by atoms with E-state index in [2.05, 4.69) is 30.5 Å². The van der Waals surface area contributed by atoms with Gasteiger partial charge in [-0.1, -0.05) is 51.1 Å². The third-order valence-electron chi connectivity index (χ3n) is 4.38. The molecule has 1 amide bonds. The molecule has 2 aromatic carbocycles. The summed E-state index contributed by atoms with van der Waals surface area (Å²) in [6.45, 7) is 16.5. The summed E-state index contributed by atoms with van der Waals surface area (Å²) in [5, 5.41) is 12.4. The number of benzene rings is 2. The van der Waals surface area contributed by atoms with Crippen LogP contribution in [0.1, 0.15) is 56.7 Å². The Kier molecular flexibility index (Phi) is 18.2. The Morgan fingerprint density at radius 1 is 1.14 bits per heavy atom. The molecule has 1 aliphatic rings. The number of ether oxygens (including phenoxy) is 1. The molecule has 2 N–H and O–H groups in total. The minimum atomic E-state index is -3.10. The number of carbonyl (C=O) groups is 3. The van der Waals surface area contributed by atoms with Gasteiger partial charge in [-0.25, -0.2) is 0 Å². The van der Waals surface area contributed by atoms with E-state index in [4.69, 9.17) is 9.59 Å². The fraction of sp³-hybridized carbons (Fsp3) is 0.393. The second-order valence-electron chi connectivity index (χ2n) is 7.98. The van der Waals surface area contributed by atoms with Crippen molar-refractivity contribution < 1.29 is 33.0 Å². The SMILES string of the molecule is C=Cc1ccc(NC(=O)C(O)C2CC2)cc1C.C=O.C=O.CCC.Cc1cccc(OC(C)(F)F)c1. The van der Waals surface area contributed by atoms with Crippen molar-refractivity contribution in [2.45, 2.75) is 66.1 Å². The van der Waals surface area contributed by atoms with Gasteiger partial charge in [0.1, 0.15) is 25.4 Å². The molecule has 0 aromatic heterocycles. The first-order valence-electron chi connectivity index (χ1n) is 11.4. The number of carbonyl (C=O) groups excluding carboxylic acids is 3. The molecule has 0 heterocycles. The second kappa shape index (κ2) is 18.9. The predicted octanol–water partition coefficient (Wildman–Crippen LogP) is 6.38. The standard InChI is InChI=1S/C14H17NO2.C9H10F2O.C3H8.2CH2O/c1-3-10-6-7-12(8-9(10)2)15-14(17)13(16)11-4-5-11;1-7-4-3-5-8(6-7)12-9(2,10)11;1-3-2;2*1-2/h3,6-8,11,13,16H,1,4-5H2,2H3,(H,15,17);3-6H,1-2H3;3H2,1-2H3;2*1H2. The van der Waals surface area contributed by atoms with E-state index in [1.54, 1.807) is 18.2 Å². The average molecular weight is 508 g/mol. The van der Waals surface area contributed by atoms with Gasteiger partial charge in [-0.15, -0.1) is 0 Å². The lowest BCUT2D eigenvalue weighted by Gasteiger charge is -2.12. The van der Waals surface area contributed by atoms with Crippen molar-refractivity contribution in [2.24, 2.45) is 5.92 Å². The van der Waals surface area contributed by atoms with E-state index < -0.39 is 12.2 Å². The Morgan fingerprint density at radius 3 is 2.11 bits per heavy atom. The highest BCUT2D eigenvalue weighted by molar-refractivity contribution is 5.94. The third kappa shape index (κ3) is 15.5. The van der Waals surface area contributed by atoms with Crippen molar-refractivity contribution in [1.82, 2.24) is 0 Å². The van der Waals surface area contributed by atoms with Crippen LogP contribution in [0.15, 0.2) is 49.0 Å². The Labute approximate surface area is 213 Å². The van der Waals surface area contributed by atoms with E-state index >= 15 is 0 Å². The van der Waals surface area contributed by atoms with Gasteiger partial charge < -0.3 is 24.7 Å². The van der Waals surface area contributed by atoms with Crippen molar-refractivity contribution in [2.75, 3.05) is 5.32 Å². The zero-order valence-electron chi connectivity index (χ0n) is 21.9. The van der Waals surface area contributed by atoms with E-state index in [9.17, 15) is 18.7 Å². The maximum atomic E-state index is 12.3. The zero-order valence-corrected chi connectivity index (χ0v) is 21.9. The molecule has 0 saturated heterocycles. The number of aliphatic hydroxyl groups excluding tert-OH is 1. The fourth-order valence-electron chi connectivity index (χ4n) is 2.71. The molecular formula is C28H39F2NO5. The second-order valence-corrected chi connectivity index (χ2v) is 7.98. The van der Waals surface area contributed by atoms with E-state index in [1.807, 2.05) is 51.7 Å². The molecule has 0 radical (unpaired) electrons. The maximum Gasteiger partial charge on any atom is 0.394 e. The van der Waals surface area contributed by atoms with E-state index in [1.165, 1.54) is 12.5 Å². The van der Waals surface area contributed by atoms with Crippen LogP contribution < -0.4 is 10.1 Å². The van der Waals surface area contributed by atoms with Gasteiger partial charge in [0.2, 0.25) is 0 Å². The number of anilines is 1. The van der Waals surface area contributed by atoms with Crippen molar-refractivity contribution in [1.29, 1.82) is 0 Å². The first-order chi connectivity index (χ1) is 17.0. The number of aliphatic hydroxyl groups is 1. The van der Waals surface area contributed by atoms with E-state index in [-0.39, 0.29) is 17.6 Å². The molecule has 6 nitrogen and oxygen atoms in total. The van der Waals surface area contributed by atoms with E-state index in [0.717, 1.165) is 42.1 Å². The smallest absolute Gasteiger partial charge is 0.394 e. The van der Waals surface area contributed by atoms with Crippen LogP contribution in [0.5, 0.6) is 5.75 Å². The number of aryl methyl sites for hydroxylation is 2. The van der Waals surface area contributed by atoms with Crippen LogP contribution in [0.4, 0.5) is 14.5 Å². The van der Waals surface area contributed by atoms with Gasteiger partial charge in [0.25, 0.3) is 5.91 Å². The minimum absolute atomic E-state index is 0.156. The number of hydrogen-bond acceptors (Lipinski definition) is 5. The van der Waals surface area contributed by atoms with Gasteiger partial charge in [0.05, 0.1) is 0 Å². The van der Waals surface area contributed by atoms with Gasteiger partial charge in [-0.2, -0.15) is 8.78 Å². The van der Waals surface area contributed by atoms with Crippen LogP contribution in [-0.4, -0.2) is 36.8 Å². The Morgan fingerprint density at radius 2 is 1.69 bits per heavy atom. The van der Waals surface area contributed by atoms with Crippen LogP contribution in [0.2, 0.25) is 0 Å². The lowest BCUT2D eigenvalue weighted by Crippen LogP contribution is -2.29. The summed E-state index contributed by atoms with van der Waals surface area (Å²) in [4.78, 5) is 27.7. The molecule has 1 atom stereocenters. The normalized spacial score (nSPS) is 12.2. The van der Waals surface area contributed by atoms with Gasteiger partial charge in [-0.3, -0.25) is 4.79 Å². The summed E-state index contributed by atoms with van der Waals surface area (Å²) < 4.78 is 29.0. The topological polar surface area (TPSA) is 92.7 Å². The van der Waals surface area contributed by atoms with Crippen molar-refractivity contribution in [3.63, 3.8) is 0 Å². The van der Waals surface area contributed by atoms with Gasteiger partial charge in [-0.05, 0) is 73.6 Å². The first kappa shape index (κ1) is 34.8. The largest absolute Gasteiger partial charge is 0.433 e. The Bertz CT molecular complexity index is 909. The van der Waals surface area contributed by atoms with Crippen molar-refractivity contribution in [3.05, 3.63) is 65.7 Å². The van der Waals surface area contributed by atoms with Gasteiger partial charge in [0.15, 0.2) is 0 Å². The summed E-state index contributed by atoms with van der Waals surface area (Å²) in [7, 11) is 0. The molecule has 36 heavy (non-hydrogen) atoms. The van der Waals surface area contributed by atoms with Crippen LogP contribution >= 0.6 is 0 Å². The summed E-state index contributed by atoms with van der Waals surface area (Å²) in [5.74, 6) is 0.0456. The van der Waals surface area contributed by atoms with Crippen LogP contribution in [0.3, 0.4) is 0 Å². The molecule has 1 aliphatic carbocycles. The number of alkyl halides is 2. The van der Waals surface area contributed by atoms with Crippen LogP contribution in [0, 0.1) is 19.8 Å². The lowest BCUT2D eigenvalue weighted by molar-refractivity contribution is -0.159. The molecule has 3 rings (SSSR count). The predicted molar refractivity (Wildman–Crippen MR) is 141 cm³/mol. The number of rotatable bonds is 6. The molecule has 1 fully saturated rings. The minimum Gasteiger partial charge on any atom is -0.433 e. The quantitative estimate of drug-likeness (QED) is 0.473. The maximum absolute atomic E-state index is 12.3. The Hall–Kier alpha value is -3.39. The Balaban J connectivity index is 0. The molecule has 0 spiro atoms. The number of nitrogens with one attached hydrogen (secondary N) is 1. The van der Waals surface area contributed by atoms with Gasteiger partial charge in [0, 0.05) is 12.6 Å². The highest BCUT2D eigenvalue weighted by Crippen LogP contribution is 2.33. The lowest BCUT2D eigenvalue weighted by atomic mass is 10.1. The molecule has 1 saturated carbocycles. The number of hydrogen-bond donors (Lipinski definition) is 2.